The van der Waals surface area contributed by atoms with Crippen LogP contribution in [0.4, 0.5) is 5.69 Å². The lowest BCUT2D eigenvalue weighted by Crippen LogP contribution is -2.27. The number of carbonyl (C=O) groups excluding carboxylic acids is 1. The van der Waals surface area contributed by atoms with Crippen LogP contribution >= 0.6 is 0 Å². The Morgan fingerprint density at radius 3 is 2.31 bits per heavy atom. The van der Waals surface area contributed by atoms with Crippen molar-refractivity contribution in [2.45, 2.75) is 34.2 Å². The van der Waals surface area contributed by atoms with Crippen LogP contribution in [0.2, 0.25) is 0 Å². The maximum atomic E-state index is 13.2. The molecule has 1 N–H and O–H groups in total. The van der Waals surface area contributed by atoms with E-state index in [-0.39, 0.29) is 5.91 Å². The van der Waals surface area contributed by atoms with Gasteiger partial charge < -0.3 is 14.8 Å². The van der Waals surface area contributed by atoms with E-state index in [0.717, 1.165) is 33.8 Å². The fraction of sp³-hybridized carbons (Fsp3) is 0.348. The van der Waals surface area contributed by atoms with Gasteiger partial charge in [0.2, 0.25) is 0 Å². The minimum atomic E-state index is -0.0212. The summed E-state index contributed by atoms with van der Waals surface area (Å²) in [6.07, 6.45) is 5.20. The predicted octanol–water partition coefficient (Wildman–Crippen LogP) is 4.45. The van der Waals surface area contributed by atoms with Crippen LogP contribution in [0.25, 0.3) is 11.1 Å². The topological polar surface area (TPSA) is 65.1 Å². The number of nitrogens with one attached hydrogen (secondary N) is 1. The maximum absolute atomic E-state index is 13.2. The largest absolute Gasteiger partial charge is 0.377 e. The second-order valence-electron chi connectivity index (χ2n) is 6.99. The molecule has 29 heavy (non-hydrogen) atoms. The van der Waals surface area contributed by atoms with Crippen LogP contribution in [0.15, 0.2) is 43.0 Å². The Balaban J connectivity index is 0.00000145. The molecule has 6 heteroatoms. The second-order valence-corrected chi connectivity index (χ2v) is 6.99. The molecule has 0 spiro atoms. The lowest BCUT2D eigenvalue weighted by molar-refractivity contribution is 0.0783. The Labute approximate surface area is 173 Å². The van der Waals surface area contributed by atoms with Gasteiger partial charge in [-0.15, -0.1) is 0 Å². The summed E-state index contributed by atoms with van der Waals surface area (Å²) >= 11 is 0. The first-order valence-electron chi connectivity index (χ1n) is 9.84. The molecule has 0 aliphatic heterocycles. The standard InChI is InChI=1S/C21H25N5O.C2H6/c1-14-6-7-16(10-23-14)17-8-19(15(2)20(9-17)25(3)4)21(27)26(5)12-18-11-22-13-24-18;1-2/h6-11,13H,12H2,1-5H3,(H,22,24);1-2H3. The lowest BCUT2D eigenvalue weighted by Gasteiger charge is -2.23. The molecule has 0 radical (unpaired) electrons. The maximum Gasteiger partial charge on any atom is 0.254 e. The molecule has 0 atom stereocenters. The van der Waals surface area contributed by atoms with Crippen LogP contribution in [0.1, 0.15) is 41.2 Å². The van der Waals surface area contributed by atoms with Gasteiger partial charge in [-0.05, 0) is 43.2 Å². The van der Waals surface area contributed by atoms with Gasteiger partial charge in [-0.3, -0.25) is 9.78 Å². The van der Waals surface area contributed by atoms with E-state index in [2.05, 4.69) is 21.0 Å². The Morgan fingerprint density at radius 1 is 1.03 bits per heavy atom. The monoisotopic (exact) mass is 393 g/mol. The average molecular weight is 394 g/mol. The molecular formula is C23H31N5O. The molecule has 0 saturated carbocycles. The third-order valence-electron chi connectivity index (χ3n) is 4.65. The lowest BCUT2D eigenvalue weighted by atomic mass is 9.97. The molecular weight excluding hydrogens is 362 g/mol. The quantitative estimate of drug-likeness (QED) is 0.695. The highest BCUT2D eigenvalue weighted by molar-refractivity contribution is 5.98. The van der Waals surface area contributed by atoms with Crippen LogP contribution < -0.4 is 4.90 Å². The third-order valence-corrected chi connectivity index (χ3v) is 4.65. The Bertz CT molecular complexity index is 931. The molecule has 0 bridgehead atoms. The van der Waals surface area contributed by atoms with Crippen molar-refractivity contribution in [3.8, 4) is 11.1 Å². The number of anilines is 1. The number of aryl methyl sites for hydroxylation is 1. The molecule has 3 aromatic rings. The van der Waals surface area contributed by atoms with Crippen LogP contribution in [0.3, 0.4) is 0 Å². The molecule has 1 amide bonds. The molecule has 2 heterocycles. The van der Waals surface area contributed by atoms with E-state index in [9.17, 15) is 4.79 Å². The van der Waals surface area contributed by atoms with Gasteiger partial charge in [-0.2, -0.15) is 0 Å². The molecule has 3 rings (SSSR count). The van der Waals surface area contributed by atoms with E-state index in [0.29, 0.717) is 12.1 Å². The minimum Gasteiger partial charge on any atom is -0.377 e. The van der Waals surface area contributed by atoms with Crippen molar-refractivity contribution >= 4 is 11.6 Å². The Hall–Kier alpha value is -3.15. The Kier molecular flexibility index (Phi) is 7.53. The van der Waals surface area contributed by atoms with E-state index in [1.807, 2.05) is 71.1 Å². The number of H-pyrrole nitrogens is 1. The van der Waals surface area contributed by atoms with Crippen molar-refractivity contribution in [1.29, 1.82) is 0 Å². The van der Waals surface area contributed by atoms with Gasteiger partial charge in [0.15, 0.2) is 0 Å². The normalized spacial score (nSPS) is 10.2. The summed E-state index contributed by atoms with van der Waals surface area (Å²) in [7, 11) is 5.78. The molecule has 6 nitrogen and oxygen atoms in total. The summed E-state index contributed by atoms with van der Waals surface area (Å²) in [5, 5.41) is 0. The zero-order valence-corrected chi connectivity index (χ0v) is 18.4. The van der Waals surface area contributed by atoms with Gasteiger partial charge in [-0.25, -0.2) is 4.98 Å². The number of pyridine rings is 1. The number of aromatic amines is 1. The molecule has 0 saturated heterocycles. The molecule has 154 valence electrons. The summed E-state index contributed by atoms with van der Waals surface area (Å²) in [4.78, 5) is 28.3. The highest BCUT2D eigenvalue weighted by Gasteiger charge is 2.19. The van der Waals surface area contributed by atoms with Gasteiger partial charge in [0.25, 0.3) is 5.91 Å². The molecule has 0 aliphatic rings. The van der Waals surface area contributed by atoms with E-state index in [1.54, 1.807) is 24.5 Å². The molecule has 0 fully saturated rings. The minimum absolute atomic E-state index is 0.0212. The SMILES string of the molecule is CC.Cc1ccc(-c2cc(C(=O)N(C)Cc3cnc[nH]3)c(C)c(N(C)C)c2)cn1. The van der Waals surface area contributed by atoms with E-state index in [4.69, 9.17) is 0 Å². The van der Waals surface area contributed by atoms with Crippen molar-refractivity contribution in [2.75, 3.05) is 26.0 Å². The smallest absolute Gasteiger partial charge is 0.254 e. The summed E-state index contributed by atoms with van der Waals surface area (Å²) in [5.41, 5.74) is 6.52. The first kappa shape index (κ1) is 22.1. The van der Waals surface area contributed by atoms with Crippen molar-refractivity contribution < 1.29 is 4.79 Å². The van der Waals surface area contributed by atoms with E-state index < -0.39 is 0 Å². The summed E-state index contributed by atoms with van der Waals surface area (Å²) < 4.78 is 0. The number of hydrogen-bond donors (Lipinski definition) is 1. The molecule has 0 aliphatic carbocycles. The first-order chi connectivity index (χ1) is 13.9. The summed E-state index contributed by atoms with van der Waals surface area (Å²) in [5.74, 6) is -0.0212. The first-order valence-corrected chi connectivity index (χ1v) is 9.84. The number of benzene rings is 1. The van der Waals surface area contributed by atoms with Crippen LogP contribution in [-0.4, -0.2) is 46.9 Å². The van der Waals surface area contributed by atoms with Crippen molar-refractivity contribution in [2.24, 2.45) is 0 Å². The van der Waals surface area contributed by atoms with Gasteiger partial charge in [-0.1, -0.05) is 19.9 Å². The molecule has 2 aromatic heterocycles. The third kappa shape index (κ3) is 5.22. The zero-order chi connectivity index (χ0) is 21.6. The summed E-state index contributed by atoms with van der Waals surface area (Å²) in [6.45, 7) is 8.43. The van der Waals surface area contributed by atoms with Crippen LogP contribution in [0, 0.1) is 13.8 Å². The van der Waals surface area contributed by atoms with Crippen molar-refractivity contribution in [3.05, 3.63) is 65.5 Å². The molecule has 0 unspecified atom stereocenters. The number of rotatable bonds is 5. The average Bonchev–Trinajstić information content (AvgIpc) is 3.22. The fourth-order valence-corrected chi connectivity index (χ4v) is 3.09. The zero-order valence-electron chi connectivity index (χ0n) is 18.4. The number of carbonyl (C=O) groups is 1. The molecule has 1 aromatic carbocycles. The van der Waals surface area contributed by atoms with Crippen LogP contribution in [-0.2, 0) is 6.54 Å². The second kappa shape index (κ2) is 9.87. The van der Waals surface area contributed by atoms with Crippen molar-refractivity contribution in [1.82, 2.24) is 19.9 Å². The van der Waals surface area contributed by atoms with Gasteiger partial charge >= 0.3 is 0 Å². The number of nitrogens with zero attached hydrogens (tertiary/aromatic N) is 4. The van der Waals surface area contributed by atoms with E-state index >= 15 is 0 Å². The summed E-state index contributed by atoms with van der Waals surface area (Å²) in [6, 6.07) is 8.08. The fourth-order valence-electron chi connectivity index (χ4n) is 3.09. The highest BCUT2D eigenvalue weighted by atomic mass is 16.2. The number of imidazole rings is 1. The number of aromatic nitrogens is 3. The van der Waals surface area contributed by atoms with Crippen LogP contribution in [0.5, 0.6) is 0 Å². The van der Waals surface area contributed by atoms with Gasteiger partial charge in [0.1, 0.15) is 0 Å². The predicted molar refractivity (Wildman–Crippen MR) is 119 cm³/mol. The highest BCUT2D eigenvalue weighted by Crippen LogP contribution is 2.30. The van der Waals surface area contributed by atoms with Gasteiger partial charge in [0.05, 0.1) is 18.6 Å². The number of amides is 1. The van der Waals surface area contributed by atoms with Gasteiger partial charge in [0, 0.05) is 56.0 Å². The van der Waals surface area contributed by atoms with Crippen molar-refractivity contribution in [3.63, 3.8) is 0 Å². The van der Waals surface area contributed by atoms with E-state index in [1.165, 1.54) is 0 Å². The number of hydrogen-bond acceptors (Lipinski definition) is 4. The Morgan fingerprint density at radius 2 is 1.76 bits per heavy atom.